The number of rotatable bonds is 3. The van der Waals surface area contributed by atoms with Gasteiger partial charge in [0.25, 0.3) is 0 Å². The molecule has 0 amide bonds. The molecule has 1 N–H and O–H groups in total. The van der Waals surface area contributed by atoms with E-state index in [2.05, 4.69) is 5.32 Å². The first kappa shape index (κ1) is 10.4. The van der Waals surface area contributed by atoms with Crippen LogP contribution in [0, 0.1) is 17.6 Å². The summed E-state index contributed by atoms with van der Waals surface area (Å²) in [5.41, 5.74) is 0.613. The zero-order valence-corrected chi connectivity index (χ0v) is 8.52. The molecule has 1 fully saturated rings. The topological polar surface area (TPSA) is 21.3 Å². The zero-order valence-electron chi connectivity index (χ0n) is 8.52. The van der Waals surface area contributed by atoms with Crippen LogP contribution in [0.4, 0.5) is 8.78 Å². The van der Waals surface area contributed by atoms with Crippen molar-refractivity contribution in [2.24, 2.45) is 5.92 Å². The molecule has 1 heterocycles. The Bertz CT molecular complexity index is 364. The smallest absolute Gasteiger partial charge is 0.168 e. The molecule has 15 heavy (non-hydrogen) atoms. The van der Waals surface area contributed by atoms with E-state index in [9.17, 15) is 8.78 Å². The van der Waals surface area contributed by atoms with Gasteiger partial charge in [-0.05, 0) is 31.5 Å². The quantitative estimate of drug-likeness (QED) is 0.825. The maximum atomic E-state index is 13.3. The van der Waals surface area contributed by atoms with Crippen molar-refractivity contribution in [2.45, 2.75) is 6.42 Å². The molecule has 0 saturated carbocycles. The van der Waals surface area contributed by atoms with Crippen LogP contribution in [0.25, 0.3) is 0 Å². The zero-order chi connectivity index (χ0) is 10.8. The molecule has 0 unspecified atom stereocenters. The van der Waals surface area contributed by atoms with E-state index in [4.69, 9.17) is 4.74 Å². The molecule has 0 atom stereocenters. The van der Waals surface area contributed by atoms with E-state index in [-0.39, 0.29) is 5.75 Å². The number of nitrogens with one attached hydrogen (secondary N) is 1. The highest BCUT2D eigenvalue weighted by Crippen LogP contribution is 2.27. The van der Waals surface area contributed by atoms with Gasteiger partial charge in [0.05, 0.1) is 7.11 Å². The Balaban J connectivity index is 2.25. The third kappa shape index (κ3) is 2.09. The molecule has 0 bridgehead atoms. The summed E-state index contributed by atoms with van der Waals surface area (Å²) in [6.45, 7) is 1.81. The number of benzene rings is 1. The molecule has 2 nitrogen and oxygen atoms in total. The molecular weight excluding hydrogens is 200 g/mol. The fourth-order valence-corrected chi connectivity index (χ4v) is 1.80. The van der Waals surface area contributed by atoms with Crippen molar-refractivity contribution in [3.63, 3.8) is 0 Å². The van der Waals surface area contributed by atoms with Gasteiger partial charge in [-0.3, -0.25) is 0 Å². The predicted molar refractivity (Wildman–Crippen MR) is 53.0 cm³/mol. The van der Waals surface area contributed by atoms with Crippen LogP contribution in [0.5, 0.6) is 5.75 Å². The fraction of sp³-hybridized carbons (Fsp3) is 0.455. The van der Waals surface area contributed by atoms with Gasteiger partial charge in [-0.1, -0.05) is 0 Å². The number of halogens is 2. The van der Waals surface area contributed by atoms with E-state index in [0.717, 1.165) is 19.2 Å². The largest absolute Gasteiger partial charge is 0.493 e. The van der Waals surface area contributed by atoms with Crippen molar-refractivity contribution in [3.05, 3.63) is 29.3 Å². The summed E-state index contributed by atoms with van der Waals surface area (Å²) in [4.78, 5) is 0. The second kappa shape index (κ2) is 4.14. The molecule has 2 rings (SSSR count). The lowest BCUT2D eigenvalue weighted by atomic mass is 9.94. The Labute approximate surface area is 87.2 Å². The van der Waals surface area contributed by atoms with E-state index in [0.29, 0.717) is 17.9 Å². The first-order valence-electron chi connectivity index (χ1n) is 4.93. The van der Waals surface area contributed by atoms with Gasteiger partial charge >= 0.3 is 0 Å². The molecular formula is C11H13F2NO. The number of methoxy groups -OCH3 is 1. The molecule has 1 aliphatic rings. The average molecular weight is 213 g/mol. The van der Waals surface area contributed by atoms with E-state index in [1.807, 2.05) is 0 Å². The predicted octanol–water partition coefficient (Wildman–Crippen LogP) is 1.74. The first-order chi connectivity index (χ1) is 7.20. The summed E-state index contributed by atoms with van der Waals surface area (Å²) in [5.74, 6) is -0.543. The second-order valence-electron chi connectivity index (χ2n) is 3.81. The Kier molecular flexibility index (Phi) is 2.86. The number of hydrogen-bond acceptors (Lipinski definition) is 2. The van der Waals surface area contributed by atoms with E-state index < -0.39 is 11.6 Å². The minimum atomic E-state index is -0.625. The summed E-state index contributed by atoms with van der Waals surface area (Å²) >= 11 is 0. The van der Waals surface area contributed by atoms with Gasteiger partial charge in [-0.2, -0.15) is 0 Å². The molecule has 0 aromatic heterocycles. The Hall–Kier alpha value is -1.16. The molecule has 0 aliphatic carbocycles. The van der Waals surface area contributed by atoms with Gasteiger partial charge in [-0.15, -0.1) is 0 Å². The lowest BCUT2D eigenvalue weighted by Crippen LogP contribution is -2.43. The van der Waals surface area contributed by atoms with Crippen LogP contribution in [0.15, 0.2) is 12.1 Å². The molecule has 82 valence electrons. The Morgan fingerprint density at radius 1 is 1.40 bits per heavy atom. The SMILES string of the molecule is COc1c(F)cc(F)cc1CC1CNC1. The van der Waals surface area contributed by atoms with Crippen LogP contribution in [-0.4, -0.2) is 20.2 Å². The van der Waals surface area contributed by atoms with Crippen molar-refractivity contribution < 1.29 is 13.5 Å². The third-order valence-corrected chi connectivity index (χ3v) is 2.66. The van der Waals surface area contributed by atoms with Crippen LogP contribution in [0.3, 0.4) is 0 Å². The third-order valence-electron chi connectivity index (χ3n) is 2.66. The van der Waals surface area contributed by atoms with Gasteiger partial charge in [0.15, 0.2) is 11.6 Å². The Morgan fingerprint density at radius 2 is 2.13 bits per heavy atom. The maximum Gasteiger partial charge on any atom is 0.168 e. The van der Waals surface area contributed by atoms with E-state index in [1.165, 1.54) is 13.2 Å². The maximum absolute atomic E-state index is 13.3. The highest BCUT2D eigenvalue weighted by molar-refractivity contribution is 5.36. The van der Waals surface area contributed by atoms with Gasteiger partial charge in [0.2, 0.25) is 0 Å². The van der Waals surface area contributed by atoms with Crippen LogP contribution >= 0.6 is 0 Å². The van der Waals surface area contributed by atoms with E-state index >= 15 is 0 Å². The minimum absolute atomic E-state index is 0.170. The monoisotopic (exact) mass is 213 g/mol. The van der Waals surface area contributed by atoms with Crippen molar-refractivity contribution in [1.29, 1.82) is 0 Å². The molecule has 1 aromatic carbocycles. The minimum Gasteiger partial charge on any atom is -0.493 e. The van der Waals surface area contributed by atoms with Crippen molar-refractivity contribution in [1.82, 2.24) is 5.32 Å². The highest BCUT2D eigenvalue weighted by Gasteiger charge is 2.21. The van der Waals surface area contributed by atoms with Gasteiger partial charge in [0, 0.05) is 11.6 Å². The van der Waals surface area contributed by atoms with Crippen LogP contribution in [0.2, 0.25) is 0 Å². The first-order valence-corrected chi connectivity index (χ1v) is 4.93. The van der Waals surface area contributed by atoms with Crippen molar-refractivity contribution >= 4 is 0 Å². The molecule has 0 spiro atoms. The van der Waals surface area contributed by atoms with Gasteiger partial charge in [0.1, 0.15) is 5.82 Å². The molecule has 1 aliphatic heterocycles. The summed E-state index contributed by atoms with van der Waals surface area (Å²) in [5, 5.41) is 3.12. The fourth-order valence-electron chi connectivity index (χ4n) is 1.80. The number of hydrogen-bond donors (Lipinski definition) is 1. The van der Waals surface area contributed by atoms with Crippen LogP contribution < -0.4 is 10.1 Å². The van der Waals surface area contributed by atoms with Gasteiger partial charge in [-0.25, -0.2) is 8.78 Å². The molecule has 4 heteroatoms. The second-order valence-corrected chi connectivity index (χ2v) is 3.81. The lowest BCUT2D eigenvalue weighted by molar-refractivity contribution is 0.332. The van der Waals surface area contributed by atoms with Crippen molar-refractivity contribution in [2.75, 3.05) is 20.2 Å². The van der Waals surface area contributed by atoms with E-state index in [1.54, 1.807) is 0 Å². The van der Waals surface area contributed by atoms with Gasteiger partial charge < -0.3 is 10.1 Å². The molecule has 1 saturated heterocycles. The molecule has 1 aromatic rings. The lowest BCUT2D eigenvalue weighted by Gasteiger charge is -2.27. The number of ether oxygens (including phenoxy) is 1. The van der Waals surface area contributed by atoms with Crippen LogP contribution in [0.1, 0.15) is 5.56 Å². The average Bonchev–Trinajstić information content (AvgIpc) is 2.10. The Morgan fingerprint density at radius 3 is 2.67 bits per heavy atom. The normalized spacial score (nSPS) is 16.2. The standard InChI is InChI=1S/C11H13F2NO/c1-15-11-8(2-7-5-14-6-7)3-9(12)4-10(11)13/h3-4,7,14H,2,5-6H2,1H3. The summed E-state index contributed by atoms with van der Waals surface area (Å²) in [7, 11) is 1.40. The highest BCUT2D eigenvalue weighted by atomic mass is 19.1. The summed E-state index contributed by atoms with van der Waals surface area (Å²) in [6, 6.07) is 2.20. The van der Waals surface area contributed by atoms with Crippen molar-refractivity contribution in [3.8, 4) is 5.75 Å². The summed E-state index contributed by atoms with van der Waals surface area (Å²) < 4.78 is 31.2. The van der Waals surface area contributed by atoms with Crippen LogP contribution in [-0.2, 0) is 6.42 Å². The molecule has 0 radical (unpaired) electrons. The summed E-state index contributed by atoms with van der Waals surface area (Å²) in [6.07, 6.45) is 0.658.